The molecule has 0 aliphatic heterocycles. The molecule has 3 aromatic rings. The van der Waals surface area contributed by atoms with Gasteiger partial charge in [-0.3, -0.25) is 5.10 Å². The van der Waals surface area contributed by atoms with Crippen LogP contribution in [0.5, 0.6) is 0 Å². The third kappa shape index (κ3) is 1.32. The van der Waals surface area contributed by atoms with Crippen molar-refractivity contribution in [1.82, 2.24) is 15.2 Å². The van der Waals surface area contributed by atoms with Crippen molar-refractivity contribution in [1.29, 1.82) is 0 Å². The summed E-state index contributed by atoms with van der Waals surface area (Å²) < 4.78 is 1.04. The highest BCUT2D eigenvalue weighted by molar-refractivity contribution is 9.10. The fourth-order valence-electron chi connectivity index (χ4n) is 1.81. The molecule has 2 aromatic heterocycles. The SMILES string of the molecule is Nc1cn[nH]c1-c1c[nH]c2ccc(Br)cc12. The number of benzene rings is 1. The molecule has 4 N–H and O–H groups in total. The summed E-state index contributed by atoms with van der Waals surface area (Å²) >= 11 is 3.46. The Kier molecular flexibility index (Phi) is 2.00. The second-order valence-electron chi connectivity index (χ2n) is 3.59. The van der Waals surface area contributed by atoms with E-state index in [0.717, 1.165) is 26.6 Å². The molecule has 5 heteroatoms. The van der Waals surface area contributed by atoms with Crippen molar-refractivity contribution >= 4 is 32.5 Å². The molecular weight excluding hydrogens is 268 g/mol. The van der Waals surface area contributed by atoms with Gasteiger partial charge in [-0.1, -0.05) is 15.9 Å². The smallest absolute Gasteiger partial charge is 0.0901 e. The fraction of sp³-hybridized carbons (Fsp3) is 0. The summed E-state index contributed by atoms with van der Waals surface area (Å²) in [4.78, 5) is 3.21. The zero-order chi connectivity index (χ0) is 11.1. The zero-order valence-corrected chi connectivity index (χ0v) is 9.88. The Hall–Kier alpha value is -1.75. The molecule has 16 heavy (non-hydrogen) atoms. The summed E-state index contributed by atoms with van der Waals surface area (Å²) in [5.74, 6) is 0. The average molecular weight is 277 g/mol. The quantitative estimate of drug-likeness (QED) is 0.640. The van der Waals surface area contributed by atoms with Crippen LogP contribution in [0.3, 0.4) is 0 Å². The van der Waals surface area contributed by atoms with E-state index in [4.69, 9.17) is 5.73 Å². The first-order chi connectivity index (χ1) is 7.75. The second-order valence-corrected chi connectivity index (χ2v) is 4.51. The monoisotopic (exact) mass is 276 g/mol. The number of nitrogens with one attached hydrogen (secondary N) is 2. The highest BCUT2D eigenvalue weighted by Gasteiger charge is 2.10. The molecular formula is C11H9BrN4. The summed E-state index contributed by atoms with van der Waals surface area (Å²) in [6, 6.07) is 6.08. The number of H-pyrrole nitrogens is 2. The maximum Gasteiger partial charge on any atom is 0.0901 e. The van der Waals surface area contributed by atoms with E-state index >= 15 is 0 Å². The predicted octanol–water partition coefficient (Wildman–Crippen LogP) is 2.90. The molecule has 0 unspecified atom stereocenters. The van der Waals surface area contributed by atoms with Crippen molar-refractivity contribution in [3.8, 4) is 11.3 Å². The summed E-state index contributed by atoms with van der Waals surface area (Å²) in [6.45, 7) is 0. The molecule has 2 heterocycles. The lowest BCUT2D eigenvalue weighted by molar-refractivity contribution is 1.10. The van der Waals surface area contributed by atoms with Gasteiger partial charge in [0.05, 0.1) is 17.6 Å². The van der Waals surface area contributed by atoms with Gasteiger partial charge in [-0.05, 0) is 18.2 Å². The van der Waals surface area contributed by atoms with E-state index in [1.54, 1.807) is 6.20 Å². The first-order valence-corrected chi connectivity index (χ1v) is 5.61. The van der Waals surface area contributed by atoms with Crippen LogP contribution >= 0.6 is 15.9 Å². The molecule has 0 fully saturated rings. The standard InChI is InChI=1S/C11H9BrN4/c12-6-1-2-10-7(3-6)8(4-14-10)11-9(13)5-15-16-11/h1-5,14H,13H2,(H,15,16). The van der Waals surface area contributed by atoms with Crippen molar-refractivity contribution in [2.45, 2.75) is 0 Å². The molecule has 0 aliphatic rings. The summed E-state index contributed by atoms with van der Waals surface area (Å²) in [5, 5.41) is 7.96. The maximum absolute atomic E-state index is 5.84. The average Bonchev–Trinajstić information content (AvgIpc) is 2.83. The van der Waals surface area contributed by atoms with E-state index in [1.165, 1.54) is 0 Å². The van der Waals surface area contributed by atoms with Gasteiger partial charge in [0, 0.05) is 27.1 Å². The van der Waals surface area contributed by atoms with Gasteiger partial charge in [-0.2, -0.15) is 5.10 Å². The van der Waals surface area contributed by atoms with Crippen LogP contribution in [0.1, 0.15) is 0 Å². The van der Waals surface area contributed by atoms with Crippen molar-refractivity contribution < 1.29 is 0 Å². The number of anilines is 1. The van der Waals surface area contributed by atoms with E-state index in [1.807, 2.05) is 18.3 Å². The molecule has 0 radical (unpaired) electrons. The van der Waals surface area contributed by atoms with Crippen LogP contribution in [0.2, 0.25) is 0 Å². The van der Waals surface area contributed by atoms with Crippen LogP contribution in [0.4, 0.5) is 5.69 Å². The summed E-state index contributed by atoms with van der Waals surface area (Å²) in [5.41, 5.74) is 9.46. The topological polar surface area (TPSA) is 70.5 Å². The molecule has 0 atom stereocenters. The zero-order valence-electron chi connectivity index (χ0n) is 8.29. The van der Waals surface area contributed by atoms with Gasteiger partial charge in [0.25, 0.3) is 0 Å². The van der Waals surface area contributed by atoms with Crippen LogP contribution in [-0.4, -0.2) is 15.2 Å². The molecule has 0 saturated carbocycles. The van der Waals surface area contributed by atoms with E-state index in [0.29, 0.717) is 5.69 Å². The van der Waals surface area contributed by atoms with Gasteiger partial charge in [0.2, 0.25) is 0 Å². The second kappa shape index (κ2) is 3.38. The number of nitrogens with zero attached hydrogens (tertiary/aromatic N) is 1. The number of hydrogen-bond acceptors (Lipinski definition) is 2. The molecule has 1 aromatic carbocycles. The number of nitrogen functional groups attached to an aromatic ring is 1. The van der Waals surface area contributed by atoms with Crippen molar-refractivity contribution in [3.05, 3.63) is 35.1 Å². The Morgan fingerprint density at radius 1 is 1.31 bits per heavy atom. The van der Waals surface area contributed by atoms with Gasteiger partial charge in [0.15, 0.2) is 0 Å². The van der Waals surface area contributed by atoms with E-state index in [9.17, 15) is 0 Å². The number of aromatic amines is 2. The molecule has 0 amide bonds. The molecule has 4 nitrogen and oxygen atoms in total. The summed E-state index contributed by atoms with van der Waals surface area (Å²) in [6.07, 6.45) is 3.55. The van der Waals surface area contributed by atoms with Crippen molar-refractivity contribution in [2.75, 3.05) is 5.73 Å². The van der Waals surface area contributed by atoms with Crippen LogP contribution in [0, 0.1) is 0 Å². The molecule has 3 rings (SSSR count). The highest BCUT2D eigenvalue weighted by atomic mass is 79.9. The number of nitrogens with two attached hydrogens (primary N) is 1. The molecule has 0 spiro atoms. The van der Waals surface area contributed by atoms with E-state index < -0.39 is 0 Å². The molecule has 0 saturated heterocycles. The van der Waals surface area contributed by atoms with Crippen LogP contribution < -0.4 is 5.73 Å². The Labute approximate surface area is 100.0 Å². The number of aromatic nitrogens is 3. The lowest BCUT2D eigenvalue weighted by Crippen LogP contribution is -1.85. The van der Waals surface area contributed by atoms with Crippen molar-refractivity contribution in [2.24, 2.45) is 0 Å². The van der Waals surface area contributed by atoms with Gasteiger partial charge in [-0.15, -0.1) is 0 Å². The Morgan fingerprint density at radius 3 is 2.94 bits per heavy atom. The molecule has 0 bridgehead atoms. The van der Waals surface area contributed by atoms with E-state index in [2.05, 4.69) is 37.2 Å². The third-order valence-corrected chi connectivity index (χ3v) is 3.08. The number of hydrogen-bond donors (Lipinski definition) is 3. The Bertz CT molecular complexity index is 653. The largest absolute Gasteiger partial charge is 0.396 e. The predicted molar refractivity (Wildman–Crippen MR) is 68.0 cm³/mol. The Balaban J connectivity index is 2.32. The first kappa shape index (κ1) is 9.47. The number of halogens is 1. The van der Waals surface area contributed by atoms with Gasteiger partial charge in [-0.25, -0.2) is 0 Å². The number of fused-ring (bicyclic) bond motifs is 1. The van der Waals surface area contributed by atoms with E-state index in [-0.39, 0.29) is 0 Å². The first-order valence-electron chi connectivity index (χ1n) is 4.81. The minimum absolute atomic E-state index is 0.654. The van der Waals surface area contributed by atoms with Gasteiger partial charge < -0.3 is 10.7 Å². The minimum Gasteiger partial charge on any atom is -0.396 e. The lowest BCUT2D eigenvalue weighted by Gasteiger charge is -1.97. The minimum atomic E-state index is 0.654. The fourth-order valence-corrected chi connectivity index (χ4v) is 2.17. The highest BCUT2D eigenvalue weighted by Crippen LogP contribution is 2.31. The van der Waals surface area contributed by atoms with Crippen molar-refractivity contribution in [3.63, 3.8) is 0 Å². The van der Waals surface area contributed by atoms with Gasteiger partial charge in [0.1, 0.15) is 0 Å². The maximum atomic E-state index is 5.84. The molecule has 80 valence electrons. The third-order valence-electron chi connectivity index (χ3n) is 2.58. The molecule has 0 aliphatic carbocycles. The number of rotatable bonds is 1. The van der Waals surface area contributed by atoms with Crippen LogP contribution in [0.25, 0.3) is 22.2 Å². The summed E-state index contributed by atoms with van der Waals surface area (Å²) in [7, 11) is 0. The lowest BCUT2D eigenvalue weighted by atomic mass is 10.1. The normalized spacial score (nSPS) is 11.1. The van der Waals surface area contributed by atoms with Crippen LogP contribution in [-0.2, 0) is 0 Å². The van der Waals surface area contributed by atoms with Crippen LogP contribution in [0.15, 0.2) is 35.1 Å². The van der Waals surface area contributed by atoms with Gasteiger partial charge >= 0.3 is 0 Å². The Morgan fingerprint density at radius 2 is 2.19 bits per heavy atom.